The van der Waals surface area contributed by atoms with Crippen molar-refractivity contribution in [2.45, 2.75) is 12.5 Å². The fourth-order valence-electron chi connectivity index (χ4n) is 3.92. The van der Waals surface area contributed by atoms with E-state index < -0.39 is 0 Å². The molecule has 2 aliphatic heterocycles. The Hall–Kier alpha value is -2.65. The van der Waals surface area contributed by atoms with Crippen LogP contribution in [0.15, 0.2) is 47.6 Å². The summed E-state index contributed by atoms with van der Waals surface area (Å²) >= 11 is 3.56. The molecule has 9 heteroatoms. The predicted octanol–water partition coefficient (Wildman–Crippen LogP) is 2.62. The number of nitrogens with zero attached hydrogens (tertiary/aromatic N) is 5. The van der Waals surface area contributed by atoms with Crippen LogP contribution in [-0.4, -0.2) is 73.1 Å². The zero-order valence-corrected chi connectivity index (χ0v) is 19.3. The SMILES string of the molecule is C=CC(=O)N[C@@H]1CCN(c2nc(Nc3ccc(N4CCN(C)CC4)cc3)ncc2Br)C1. The van der Waals surface area contributed by atoms with E-state index in [1.54, 1.807) is 6.20 Å². The van der Waals surface area contributed by atoms with Gasteiger partial charge in [0.05, 0.1) is 4.47 Å². The van der Waals surface area contributed by atoms with Crippen molar-refractivity contribution in [3.8, 4) is 0 Å². The maximum atomic E-state index is 11.6. The summed E-state index contributed by atoms with van der Waals surface area (Å²) < 4.78 is 0.833. The van der Waals surface area contributed by atoms with Gasteiger partial charge in [-0.15, -0.1) is 0 Å². The van der Waals surface area contributed by atoms with Crippen LogP contribution in [0, 0.1) is 0 Å². The van der Waals surface area contributed by atoms with E-state index >= 15 is 0 Å². The maximum absolute atomic E-state index is 11.6. The number of amides is 1. The van der Waals surface area contributed by atoms with Gasteiger partial charge in [0.25, 0.3) is 0 Å². The molecule has 0 aliphatic carbocycles. The quantitative estimate of drug-likeness (QED) is 0.608. The Morgan fingerprint density at radius 2 is 1.90 bits per heavy atom. The van der Waals surface area contributed by atoms with Gasteiger partial charge in [-0.05, 0) is 59.7 Å². The zero-order chi connectivity index (χ0) is 21.8. The molecule has 2 aliphatic rings. The molecule has 1 aromatic carbocycles. The number of carbonyl (C=O) groups excluding carboxylic acids is 1. The first-order valence-electron chi connectivity index (χ1n) is 10.5. The highest BCUT2D eigenvalue weighted by molar-refractivity contribution is 9.10. The van der Waals surface area contributed by atoms with Crippen LogP contribution in [0.3, 0.4) is 0 Å². The number of carbonyl (C=O) groups is 1. The highest BCUT2D eigenvalue weighted by Gasteiger charge is 2.26. The van der Waals surface area contributed by atoms with Crippen molar-refractivity contribution in [1.29, 1.82) is 0 Å². The molecule has 164 valence electrons. The van der Waals surface area contributed by atoms with Crippen molar-refractivity contribution in [1.82, 2.24) is 20.2 Å². The molecule has 2 aromatic rings. The number of benzene rings is 1. The Morgan fingerprint density at radius 1 is 1.16 bits per heavy atom. The summed E-state index contributed by atoms with van der Waals surface area (Å²) in [6.45, 7) is 9.30. The molecule has 3 heterocycles. The van der Waals surface area contributed by atoms with Crippen LogP contribution >= 0.6 is 15.9 Å². The van der Waals surface area contributed by atoms with E-state index in [0.29, 0.717) is 12.5 Å². The second kappa shape index (κ2) is 9.65. The molecule has 0 bridgehead atoms. The Bertz CT molecular complexity index is 928. The highest BCUT2D eigenvalue weighted by Crippen LogP contribution is 2.28. The summed E-state index contributed by atoms with van der Waals surface area (Å²) in [6.07, 6.45) is 3.94. The molecular formula is C22H28BrN7O. The molecule has 0 unspecified atom stereocenters. The summed E-state index contributed by atoms with van der Waals surface area (Å²) in [4.78, 5) is 27.6. The molecule has 1 atom stereocenters. The Balaban J connectivity index is 1.40. The smallest absolute Gasteiger partial charge is 0.243 e. The fourth-order valence-corrected chi connectivity index (χ4v) is 4.36. The van der Waals surface area contributed by atoms with Gasteiger partial charge in [-0.2, -0.15) is 4.98 Å². The Morgan fingerprint density at radius 3 is 2.61 bits per heavy atom. The summed E-state index contributed by atoms with van der Waals surface area (Å²) in [7, 11) is 2.16. The predicted molar refractivity (Wildman–Crippen MR) is 128 cm³/mol. The Kier molecular flexibility index (Phi) is 6.72. The number of halogens is 1. The molecule has 2 N–H and O–H groups in total. The van der Waals surface area contributed by atoms with Gasteiger partial charge in [0, 0.05) is 62.9 Å². The number of aromatic nitrogens is 2. The van der Waals surface area contributed by atoms with Crippen LogP contribution in [0.4, 0.5) is 23.1 Å². The number of rotatable bonds is 6. The van der Waals surface area contributed by atoms with Crippen LogP contribution in [-0.2, 0) is 4.79 Å². The summed E-state index contributed by atoms with van der Waals surface area (Å²) in [6, 6.07) is 8.50. The standard InChI is InChI=1S/C22H28BrN7O/c1-3-20(31)25-17-8-9-30(15-17)21-19(23)14-24-22(27-21)26-16-4-6-18(7-5-16)29-12-10-28(2)11-13-29/h3-7,14,17H,1,8-13,15H2,2H3,(H,25,31)(H,24,26,27)/t17-/m1/s1. The first-order chi connectivity index (χ1) is 15.0. The average Bonchev–Trinajstić information content (AvgIpc) is 3.24. The normalized spacial score (nSPS) is 19.4. The molecule has 31 heavy (non-hydrogen) atoms. The van der Waals surface area contributed by atoms with Gasteiger partial charge in [-0.1, -0.05) is 6.58 Å². The molecule has 2 saturated heterocycles. The molecule has 4 rings (SSSR count). The van der Waals surface area contributed by atoms with Crippen LogP contribution in [0.2, 0.25) is 0 Å². The first kappa shape index (κ1) is 21.6. The minimum Gasteiger partial charge on any atom is -0.369 e. The lowest BCUT2D eigenvalue weighted by Gasteiger charge is -2.34. The number of anilines is 4. The van der Waals surface area contributed by atoms with Crippen LogP contribution < -0.4 is 20.4 Å². The molecule has 8 nitrogen and oxygen atoms in total. The monoisotopic (exact) mass is 485 g/mol. The molecule has 0 saturated carbocycles. The average molecular weight is 486 g/mol. The third kappa shape index (κ3) is 5.34. The molecule has 0 radical (unpaired) electrons. The van der Waals surface area contributed by atoms with Crippen LogP contribution in [0.5, 0.6) is 0 Å². The minimum absolute atomic E-state index is 0.0888. The maximum Gasteiger partial charge on any atom is 0.243 e. The zero-order valence-electron chi connectivity index (χ0n) is 17.7. The van der Waals surface area contributed by atoms with Gasteiger partial charge in [0.15, 0.2) is 0 Å². The van der Waals surface area contributed by atoms with E-state index in [4.69, 9.17) is 4.98 Å². The third-order valence-corrected chi connectivity index (χ3v) is 6.30. The summed E-state index contributed by atoms with van der Waals surface area (Å²) in [5.74, 6) is 1.22. The molecule has 0 spiro atoms. The summed E-state index contributed by atoms with van der Waals surface area (Å²) in [5, 5.41) is 6.26. The van der Waals surface area contributed by atoms with Crippen LogP contribution in [0.1, 0.15) is 6.42 Å². The van der Waals surface area contributed by atoms with Gasteiger partial charge < -0.3 is 25.3 Å². The largest absolute Gasteiger partial charge is 0.369 e. The number of hydrogen-bond donors (Lipinski definition) is 2. The van der Waals surface area contributed by atoms with Gasteiger partial charge in [-0.25, -0.2) is 4.98 Å². The minimum atomic E-state index is -0.143. The molecule has 2 fully saturated rings. The molecular weight excluding hydrogens is 458 g/mol. The number of nitrogens with one attached hydrogen (secondary N) is 2. The number of hydrogen-bond acceptors (Lipinski definition) is 7. The second-order valence-corrected chi connectivity index (χ2v) is 8.83. The summed E-state index contributed by atoms with van der Waals surface area (Å²) in [5.41, 5.74) is 2.18. The van der Waals surface area contributed by atoms with E-state index in [0.717, 1.165) is 55.1 Å². The number of likely N-dealkylation sites (N-methyl/N-ethyl adjacent to an activating group) is 1. The van der Waals surface area contributed by atoms with Crippen molar-refractivity contribution in [2.24, 2.45) is 0 Å². The van der Waals surface area contributed by atoms with Gasteiger partial charge >= 0.3 is 0 Å². The fraction of sp³-hybridized carbons (Fsp3) is 0.409. The van der Waals surface area contributed by atoms with E-state index in [-0.39, 0.29) is 11.9 Å². The second-order valence-electron chi connectivity index (χ2n) is 7.97. The van der Waals surface area contributed by atoms with Gasteiger partial charge in [-0.3, -0.25) is 4.79 Å². The lowest BCUT2D eigenvalue weighted by molar-refractivity contribution is -0.117. The van der Waals surface area contributed by atoms with E-state index in [2.05, 4.69) is 84.1 Å². The molecule has 1 aromatic heterocycles. The van der Waals surface area contributed by atoms with E-state index in [1.807, 2.05) is 0 Å². The highest BCUT2D eigenvalue weighted by atomic mass is 79.9. The lowest BCUT2D eigenvalue weighted by atomic mass is 10.2. The van der Waals surface area contributed by atoms with Crippen molar-refractivity contribution < 1.29 is 4.79 Å². The lowest BCUT2D eigenvalue weighted by Crippen LogP contribution is -2.44. The first-order valence-corrected chi connectivity index (χ1v) is 11.3. The van der Waals surface area contributed by atoms with Crippen molar-refractivity contribution in [2.75, 3.05) is 61.4 Å². The topological polar surface area (TPSA) is 76.6 Å². The van der Waals surface area contributed by atoms with E-state index in [1.165, 1.54) is 11.8 Å². The molecule has 1 amide bonds. The van der Waals surface area contributed by atoms with Crippen molar-refractivity contribution in [3.63, 3.8) is 0 Å². The van der Waals surface area contributed by atoms with Gasteiger partial charge in [0.1, 0.15) is 5.82 Å². The van der Waals surface area contributed by atoms with Crippen molar-refractivity contribution >= 4 is 45.0 Å². The number of piperazine rings is 1. The van der Waals surface area contributed by atoms with E-state index in [9.17, 15) is 4.79 Å². The van der Waals surface area contributed by atoms with Gasteiger partial charge in [0.2, 0.25) is 11.9 Å². The van der Waals surface area contributed by atoms with Crippen molar-refractivity contribution in [3.05, 3.63) is 47.6 Å². The van der Waals surface area contributed by atoms with Crippen LogP contribution in [0.25, 0.3) is 0 Å². The Labute approximate surface area is 191 Å². The third-order valence-electron chi connectivity index (χ3n) is 5.74.